The molecule has 1 aromatic carbocycles. The summed E-state index contributed by atoms with van der Waals surface area (Å²) in [5.74, 6) is 0.737. The van der Waals surface area contributed by atoms with Crippen LogP contribution in [0.25, 0.3) is 11.3 Å². The molecule has 0 spiro atoms. The Bertz CT molecular complexity index is 910. The summed E-state index contributed by atoms with van der Waals surface area (Å²) in [5.41, 5.74) is 6.03. The van der Waals surface area contributed by atoms with Gasteiger partial charge in [-0.3, -0.25) is 9.58 Å². The summed E-state index contributed by atoms with van der Waals surface area (Å²) >= 11 is 0. The van der Waals surface area contributed by atoms with Crippen LogP contribution in [0.2, 0.25) is 0 Å². The van der Waals surface area contributed by atoms with E-state index in [0.717, 1.165) is 23.9 Å². The van der Waals surface area contributed by atoms with Gasteiger partial charge in [-0.25, -0.2) is 9.97 Å². The highest BCUT2D eigenvalue weighted by Gasteiger charge is 2.19. The molecular formula is C24H31N5. The van der Waals surface area contributed by atoms with Gasteiger partial charge in [0.15, 0.2) is 0 Å². The van der Waals surface area contributed by atoms with Crippen LogP contribution in [0.1, 0.15) is 67.8 Å². The average molecular weight is 390 g/mol. The number of benzene rings is 1. The molecule has 0 saturated heterocycles. The molecule has 0 bridgehead atoms. The molecule has 2 heterocycles. The Morgan fingerprint density at radius 1 is 1.10 bits per heavy atom. The molecule has 0 radical (unpaired) electrons. The fraction of sp³-hybridized carbons (Fsp3) is 0.458. The first-order chi connectivity index (χ1) is 14.1. The maximum absolute atomic E-state index is 4.77. The monoisotopic (exact) mass is 389 g/mol. The van der Waals surface area contributed by atoms with Crippen molar-refractivity contribution in [2.24, 2.45) is 7.05 Å². The smallest absolute Gasteiger partial charge is 0.115 e. The molecule has 1 fully saturated rings. The molecule has 1 saturated carbocycles. The third-order valence-corrected chi connectivity index (χ3v) is 6.28. The molecule has 0 unspecified atom stereocenters. The molecule has 1 atom stereocenters. The second kappa shape index (κ2) is 8.87. The van der Waals surface area contributed by atoms with Gasteiger partial charge in [0, 0.05) is 43.2 Å². The van der Waals surface area contributed by atoms with Crippen molar-refractivity contribution >= 4 is 0 Å². The molecule has 29 heavy (non-hydrogen) atoms. The van der Waals surface area contributed by atoms with Crippen molar-refractivity contribution in [3.05, 3.63) is 65.9 Å². The maximum Gasteiger partial charge on any atom is 0.115 e. The quantitative estimate of drug-likeness (QED) is 0.587. The minimum absolute atomic E-state index is 0.208. The summed E-state index contributed by atoms with van der Waals surface area (Å²) in [6.45, 7) is 3.00. The van der Waals surface area contributed by atoms with Crippen LogP contribution < -0.4 is 0 Å². The lowest BCUT2D eigenvalue weighted by Crippen LogP contribution is -2.22. The van der Waals surface area contributed by atoms with Gasteiger partial charge in [0.2, 0.25) is 0 Å². The predicted octanol–water partition coefficient (Wildman–Crippen LogP) is 5.12. The van der Waals surface area contributed by atoms with Gasteiger partial charge in [0.1, 0.15) is 6.33 Å². The average Bonchev–Trinajstić information content (AvgIpc) is 3.14. The highest BCUT2D eigenvalue weighted by atomic mass is 15.3. The van der Waals surface area contributed by atoms with Crippen LogP contribution >= 0.6 is 0 Å². The zero-order valence-corrected chi connectivity index (χ0v) is 17.8. The zero-order valence-electron chi connectivity index (χ0n) is 17.8. The Morgan fingerprint density at radius 2 is 1.86 bits per heavy atom. The van der Waals surface area contributed by atoms with E-state index in [0.29, 0.717) is 0 Å². The van der Waals surface area contributed by atoms with Crippen molar-refractivity contribution in [2.75, 3.05) is 7.05 Å². The SMILES string of the molecule is C[C@H](c1ccncn1)N(C)Cc1cn(C)nc1-c1ccc(C2CCCCC2)cc1. The fourth-order valence-corrected chi connectivity index (χ4v) is 4.42. The normalized spacial score (nSPS) is 16.3. The molecule has 2 aromatic heterocycles. The summed E-state index contributed by atoms with van der Waals surface area (Å²) in [5, 5.41) is 4.77. The van der Waals surface area contributed by atoms with E-state index in [1.54, 1.807) is 12.5 Å². The zero-order chi connectivity index (χ0) is 20.2. The van der Waals surface area contributed by atoms with Crippen molar-refractivity contribution in [2.45, 2.75) is 57.5 Å². The number of rotatable bonds is 6. The molecule has 0 N–H and O–H groups in total. The number of aryl methyl sites for hydroxylation is 1. The maximum atomic E-state index is 4.77. The Kier molecular flexibility index (Phi) is 6.05. The van der Waals surface area contributed by atoms with E-state index in [2.05, 4.69) is 59.3 Å². The topological polar surface area (TPSA) is 46.8 Å². The van der Waals surface area contributed by atoms with Gasteiger partial charge in [-0.2, -0.15) is 5.10 Å². The van der Waals surface area contributed by atoms with Crippen molar-refractivity contribution < 1.29 is 0 Å². The minimum atomic E-state index is 0.208. The van der Waals surface area contributed by atoms with E-state index in [9.17, 15) is 0 Å². The van der Waals surface area contributed by atoms with Crippen LogP contribution in [0, 0.1) is 0 Å². The molecule has 1 aliphatic rings. The molecule has 0 amide bonds. The van der Waals surface area contributed by atoms with Gasteiger partial charge in [0.25, 0.3) is 0 Å². The van der Waals surface area contributed by atoms with Gasteiger partial charge in [-0.15, -0.1) is 0 Å². The number of hydrogen-bond acceptors (Lipinski definition) is 4. The first kappa shape index (κ1) is 19.8. The van der Waals surface area contributed by atoms with E-state index in [-0.39, 0.29) is 6.04 Å². The lowest BCUT2D eigenvalue weighted by atomic mass is 9.84. The Labute approximate surface area is 173 Å². The molecule has 0 aliphatic heterocycles. The van der Waals surface area contributed by atoms with Crippen molar-refractivity contribution in [1.29, 1.82) is 0 Å². The molecule has 4 rings (SSSR count). The van der Waals surface area contributed by atoms with Crippen LogP contribution in [0.4, 0.5) is 0 Å². The largest absolute Gasteiger partial charge is 0.294 e. The van der Waals surface area contributed by atoms with Crippen molar-refractivity contribution in [3.8, 4) is 11.3 Å². The summed E-state index contributed by atoms with van der Waals surface area (Å²) in [7, 11) is 4.13. The predicted molar refractivity (Wildman–Crippen MR) is 116 cm³/mol. The van der Waals surface area contributed by atoms with E-state index in [1.807, 2.05) is 17.8 Å². The van der Waals surface area contributed by atoms with Crippen molar-refractivity contribution in [1.82, 2.24) is 24.6 Å². The summed E-state index contributed by atoms with van der Waals surface area (Å²) in [4.78, 5) is 10.7. The van der Waals surface area contributed by atoms with E-state index in [4.69, 9.17) is 5.10 Å². The summed E-state index contributed by atoms with van der Waals surface area (Å²) in [6.07, 6.45) is 12.3. The second-order valence-electron chi connectivity index (χ2n) is 8.36. The molecular weight excluding hydrogens is 358 g/mol. The van der Waals surface area contributed by atoms with E-state index in [1.165, 1.54) is 48.8 Å². The number of nitrogens with zero attached hydrogens (tertiary/aromatic N) is 5. The van der Waals surface area contributed by atoms with Gasteiger partial charge in [-0.1, -0.05) is 43.5 Å². The van der Waals surface area contributed by atoms with E-state index >= 15 is 0 Å². The summed E-state index contributed by atoms with van der Waals surface area (Å²) in [6, 6.07) is 11.3. The molecule has 5 nitrogen and oxygen atoms in total. The Balaban J connectivity index is 1.52. The fourth-order valence-electron chi connectivity index (χ4n) is 4.42. The highest BCUT2D eigenvalue weighted by Crippen LogP contribution is 2.34. The van der Waals surface area contributed by atoms with Gasteiger partial charge < -0.3 is 0 Å². The second-order valence-corrected chi connectivity index (χ2v) is 8.36. The minimum Gasteiger partial charge on any atom is -0.294 e. The first-order valence-corrected chi connectivity index (χ1v) is 10.7. The Hall–Kier alpha value is -2.53. The highest BCUT2D eigenvalue weighted by molar-refractivity contribution is 5.63. The number of aromatic nitrogens is 4. The van der Waals surface area contributed by atoms with Crippen molar-refractivity contribution in [3.63, 3.8) is 0 Å². The molecule has 1 aliphatic carbocycles. The lowest BCUT2D eigenvalue weighted by molar-refractivity contribution is 0.248. The standard InChI is InChI=1S/C24H31N5/c1-18(23-13-14-25-17-26-23)28(2)15-22-16-29(3)27-24(22)21-11-9-20(10-12-21)19-7-5-4-6-8-19/h9-14,16-19H,4-8,15H2,1-3H3/t18-/m1/s1. The number of hydrogen-bond donors (Lipinski definition) is 0. The molecule has 152 valence electrons. The van der Waals surface area contributed by atoms with Crippen LogP contribution in [0.5, 0.6) is 0 Å². The van der Waals surface area contributed by atoms with Gasteiger partial charge >= 0.3 is 0 Å². The van der Waals surface area contributed by atoms with Gasteiger partial charge in [0.05, 0.1) is 11.4 Å². The Morgan fingerprint density at radius 3 is 2.55 bits per heavy atom. The third-order valence-electron chi connectivity index (χ3n) is 6.28. The summed E-state index contributed by atoms with van der Waals surface area (Å²) < 4.78 is 1.92. The third kappa shape index (κ3) is 4.56. The first-order valence-electron chi connectivity index (χ1n) is 10.7. The molecule has 5 heteroatoms. The van der Waals surface area contributed by atoms with Crippen LogP contribution in [0.3, 0.4) is 0 Å². The van der Waals surface area contributed by atoms with E-state index < -0.39 is 0 Å². The van der Waals surface area contributed by atoms with Crippen LogP contribution in [-0.2, 0) is 13.6 Å². The van der Waals surface area contributed by atoms with Crippen LogP contribution in [0.15, 0.2) is 49.1 Å². The molecule has 3 aromatic rings. The van der Waals surface area contributed by atoms with Gasteiger partial charge in [-0.05, 0) is 44.4 Å². The van der Waals surface area contributed by atoms with Crippen LogP contribution in [-0.4, -0.2) is 31.7 Å². The lowest BCUT2D eigenvalue weighted by Gasteiger charge is -2.24.